The van der Waals surface area contributed by atoms with E-state index in [2.05, 4.69) is 0 Å². The first-order valence-corrected chi connectivity index (χ1v) is 9.89. The molecule has 29 heavy (non-hydrogen) atoms. The molecule has 0 radical (unpaired) electrons. The van der Waals surface area contributed by atoms with Gasteiger partial charge in [0.05, 0.1) is 11.4 Å². The molecular weight excluding hydrogens is 373 g/mol. The molecule has 4 rings (SSSR count). The van der Waals surface area contributed by atoms with E-state index in [0.29, 0.717) is 49.8 Å². The number of para-hydroxylation sites is 3. The zero-order valence-corrected chi connectivity index (χ0v) is 16.4. The lowest BCUT2D eigenvalue weighted by molar-refractivity contribution is -0.131. The number of anilines is 2. The number of halogens is 1. The highest BCUT2D eigenvalue weighted by atomic mass is 19.1. The van der Waals surface area contributed by atoms with Gasteiger partial charge in [-0.1, -0.05) is 24.3 Å². The van der Waals surface area contributed by atoms with Crippen LogP contribution in [0.3, 0.4) is 0 Å². The van der Waals surface area contributed by atoms with Crippen LogP contribution in [0.5, 0.6) is 5.75 Å². The molecule has 2 amide bonds. The van der Waals surface area contributed by atoms with E-state index in [-0.39, 0.29) is 24.1 Å². The van der Waals surface area contributed by atoms with Gasteiger partial charge in [0.25, 0.3) is 5.91 Å². The predicted molar refractivity (Wildman–Crippen MR) is 109 cm³/mol. The lowest BCUT2D eigenvalue weighted by Gasteiger charge is -2.37. The third-order valence-corrected chi connectivity index (χ3v) is 5.45. The first-order valence-electron chi connectivity index (χ1n) is 9.89. The van der Waals surface area contributed by atoms with E-state index in [1.807, 2.05) is 35.2 Å². The predicted octanol–water partition coefficient (Wildman–Crippen LogP) is 2.68. The van der Waals surface area contributed by atoms with Crippen molar-refractivity contribution in [2.45, 2.75) is 19.4 Å². The normalized spacial score (nSPS) is 19.0. The minimum absolute atomic E-state index is 0.00242. The van der Waals surface area contributed by atoms with Crippen molar-refractivity contribution in [1.82, 2.24) is 4.90 Å². The standard InChI is InChI=1S/C22H24FN3O3/c1-16-22(28)26(19-8-4-5-9-20(19)29-16)11-10-21(27)25-14-12-24(13-15-25)18-7-3-2-6-17(18)23/h2-9,16H,10-15H2,1H3. The maximum atomic E-state index is 14.0. The number of amides is 2. The van der Waals surface area contributed by atoms with Gasteiger partial charge in [0, 0.05) is 39.1 Å². The zero-order chi connectivity index (χ0) is 20.4. The number of hydrogen-bond acceptors (Lipinski definition) is 4. The van der Waals surface area contributed by atoms with Crippen LogP contribution in [-0.4, -0.2) is 55.5 Å². The summed E-state index contributed by atoms with van der Waals surface area (Å²) < 4.78 is 19.6. The SMILES string of the molecule is CC1Oc2ccccc2N(CCC(=O)N2CCN(c3ccccc3F)CC2)C1=O. The van der Waals surface area contributed by atoms with Crippen molar-refractivity contribution in [3.05, 3.63) is 54.3 Å². The Morgan fingerprint density at radius 1 is 1.03 bits per heavy atom. The number of fused-ring (bicyclic) bond motifs is 1. The quantitative estimate of drug-likeness (QED) is 0.796. The van der Waals surface area contributed by atoms with Crippen LogP contribution in [0.1, 0.15) is 13.3 Å². The minimum atomic E-state index is -0.565. The fourth-order valence-corrected chi connectivity index (χ4v) is 3.86. The third kappa shape index (κ3) is 3.90. The zero-order valence-electron chi connectivity index (χ0n) is 16.4. The average molecular weight is 397 g/mol. The Labute approximate surface area is 169 Å². The number of ether oxygens (including phenoxy) is 1. The van der Waals surface area contributed by atoms with Crippen molar-refractivity contribution < 1.29 is 18.7 Å². The molecule has 2 aliphatic rings. The fraction of sp³-hybridized carbons (Fsp3) is 0.364. The molecule has 1 saturated heterocycles. The van der Waals surface area contributed by atoms with Gasteiger partial charge in [-0.05, 0) is 31.2 Å². The monoisotopic (exact) mass is 397 g/mol. The number of hydrogen-bond donors (Lipinski definition) is 0. The van der Waals surface area contributed by atoms with E-state index in [1.54, 1.807) is 28.9 Å². The highest BCUT2D eigenvalue weighted by molar-refractivity contribution is 6.00. The van der Waals surface area contributed by atoms with Crippen LogP contribution in [0.4, 0.5) is 15.8 Å². The number of piperazine rings is 1. The summed E-state index contributed by atoms with van der Waals surface area (Å²) in [7, 11) is 0. The van der Waals surface area contributed by atoms with Crippen LogP contribution in [-0.2, 0) is 9.59 Å². The Morgan fingerprint density at radius 2 is 1.69 bits per heavy atom. The molecule has 2 aromatic carbocycles. The van der Waals surface area contributed by atoms with Gasteiger partial charge in [-0.2, -0.15) is 0 Å². The summed E-state index contributed by atoms with van der Waals surface area (Å²) in [6, 6.07) is 14.1. The fourth-order valence-electron chi connectivity index (χ4n) is 3.86. The van der Waals surface area contributed by atoms with Gasteiger partial charge in [-0.3, -0.25) is 9.59 Å². The van der Waals surface area contributed by atoms with E-state index in [0.717, 1.165) is 0 Å². The highest BCUT2D eigenvalue weighted by Gasteiger charge is 2.32. The second kappa shape index (κ2) is 8.11. The Balaban J connectivity index is 1.35. The number of carbonyl (C=O) groups is 2. The molecule has 0 aromatic heterocycles. The summed E-state index contributed by atoms with van der Waals surface area (Å²) in [5.41, 5.74) is 1.27. The summed E-state index contributed by atoms with van der Waals surface area (Å²) in [5, 5.41) is 0. The van der Waals surface area contributed by atoms with Crippen LogP contribution >= 0.6 is 0 Å². The van der Waals surface area contributed by atoms with Gasteiger partial charge in [0.15, 0.2) is 6.10 Å². The Bertz CT molecular complexity index is 912. The molecule has 1 unspecified atom stereocenters. The molecule has 0 bridgehead atoms. The second-order valence-corrected chi connectivity index (χ2v) is 7.29. The van der Waals surface area contributed by atoms with Crippen molar-refractivity contribution in [2.75, 3.05) is 42.5 Å². The summed E-state index contributed by atoms with van der Waals surface area (Å²) in [6.07, 6.45) is -0.323. The van der Waals surface area contributed by atoms with Gasteiger partial charge in [-0.15, -0.1) is 0 Å². The molecule has 0 saturated carbocycles. The summed E-state index contributed by atoms with van der Waals surface area (Å²) in [4.78, 5) is 30.6. The van der Waals surface area contributed by atoms with Crippen LogP contribution < -0.4 is 14.5 Å². The minimum Gasteiger partial charge on any atom is -0.479 e. The molecule has 0 aliphatic carbocycles. The maximum absolute atomic E-state index is 14.0. The Morgan fingerprint density at radius 3 is 2.41 bits per heavy atom. The lowest BCUT2D eigenvalue weighted by atomic mass is 10.1. The average Bonchev–Trinajstić information content (AvgIpc) is 2.74. The molecule has 6 nitrogen and oxygen atoms in total. The number of nitrogens with zero attached hydrogens (tertiary/aromatic N) is 3. The van der Waals surface area contributed by atoms with Crippen LogP contribution in [0.25, 0.3) is 0 Å². The van der Waals surface area contributed by atoms with Crippen molar-refractivity contribution in [3.63, 3.8) is 0 Å². The van der Waals surface area contributed by atoms with Gasteiger partial charge < -0.3 is 19.4 Å². The van der Waals surface area contributed by atoms with Crippen LogP contribution in [0, 0.1) is 5.82 Å². The van der Waals surface area contributed by atoms with Crippen molar-refractivity contribution in [3.8, 4) is 5.75 Å². The lowest BCUT2D eigenvalue weighted by Crippen LogP contribution is -2.50. The topological polar surface area (TPSA) is 53.1 Å². The molecule has 152 valence electrons. The third-order valence-electron chi connectivity index (χ3n) is 5.45. The van der Waals surface area contributed by atoms with E-state index < -0.39 is 6.10 Å². The highest BCUT2D eigenvalue weighted by Crippen LogP contribution is 2.33. The molecule has 2 aromatic rings. The first kappa shape index (κ1) is 19.2. The maximum Gasteiger partial charge on any atom is 0.267 e. The summed E-state index contributed by atoms with van der Waals surface area (Å²) >= 11 is 0. The van der Waals surface area contributed by atoms with Gasteiger partial charge >= 0.3 is 0 Å². The summed E-state index contributed by atoms with van der Waals surface area (Å²) in [6.45, 7) is 4.28. The molecular formula is C22H24FN3O3. The van der Waals surface area contributed by atoms with Gasteiger partial charge in [0.2, 0.25) is 5.91 Å². The van der Waals surface area contributed by atoms with E-state index >= 15 is 0 Å². The smallest absolute Gasteiger partial charge is 0.267 e. The van der Waals surface area contributed by atoms with Crippen molar-refractivity contribution >= 4 is 23.2 Å². The van der Waals surface area contributed by atoms with E-state index in [1.165, 1.54) is 6.07 Å². The van der Waals surface area contributed by atoms with Crippen LogP contribution in [0.2, 0.25) is 0 Å². The molecule has 7 heteroatoms. The van der Waals surface area contributed by atoms with Gasteiger partial charge in [-0.25, -0.2) is 4.39 Å². The Hall–Kier alpha value is -3.09. The first-order chi connectivity index (χ1) is 14.0. The van der Waals surface area contributed by atoms with Crippen molar-refractivity contribution in [1.29, 1.82) is 0 Å². The molecule has 1 atom stereocenters. The number of rotatable bonds is 4. The number of benzene rings is 2. The largest absolute Gasteiger partial charge is 0.479 e. The van der Waals surface area contributed by atoms with Crippen LogP contribution in [0.15, 0.2) is 48.5 Å². The van der Waals surface area contributed by atoms with E-state index in [4.69, 9.17) is 4.74 Å². The van der Waals surface area contributed by atoms with Crippen molar-refractivity contribution in [2.24, 2.45) is 0 Å². The molecule has 0 N–H and O–H groups in total. The van der Waals surface area contributed by atoms with E-state index in [9.17, 15) is 14.0 Å². The summed E-state index contributed by atoms with van der Waals surface area (Å²) in [5.74, 6) is 0.278. The Kier molecular flexibility index (Phi) is 5.38. The molecule has 2 heterocycles. The second-order valence-electron chi connectivity index (χ2n) is 7.29. The molecule has 0 spiro atoms. The molecule has 2 aliphatic heterocycles. The molecule has 1 fully saturated rings. The van der Waals surface area contributed by atoms with Gasteiger partial charge in [0.1, 0.15) is 11.6 Å². The number of carbonyl (C=O) groups excluding carboxylic acids is 2.